The number of nitrogens with one attached hydrogen (secondary N) is 1. The Morgan fingerprint density at radius 1 is 0.872 bits per heavy atom. The molecule has 0 unspecified atom stereocenters. The Hall–Kier alpha value is -3.83. The summed E-state index contributed by atoms with van der Waals surface area (Å²) >= 11 is 0. The maximum Gasteiger partial charge on any atom is 0.337 e. The highest BCUT2D eigenvalue weighted by Gasteiger charge is 2.36. The molecule has 1 aromatic heterocycles. The van der Waals surface area contributed by atoms with Gasteiger partial charge in [0, 0.05) is 44.2 Å². The van der Waals surface area contributed by atoms with Gasteiger partial charge in [-0.25, -0.2) is 32.1 Å². The third-order valence-corrected chi connectivity index (χ3v) is 9.01. The number of hydrogen-bond donors (Lipinski definition) is 2. The van der Waals surface area contributed by atoms with Gasteiger partial charge in [-0.3, -0.25) is 0 Å². The molecule has 47 heavy (non-hydrogen) atoms. The number of ether oxygens (including phenoxy) is 2. The van der Waals surface area contributed by atoms with E-state index in [1.807, 2.05) is 6.07 Å². The van der Waals surface area contributed by atoms with Crippen molar-refractivity contribution in [2.75, 3.05) is 31.8 Å². The van der Waals surface area contributed by atoms with E-state index in [0.29, 0.717) is 61.3 Å². The minimum absolute atomic E-state index is 0.0400. The zero-order chi connectivity index (χ0) is 34.6. The second-order valence-corrected chi connectivity index (χ2v) is 13.8. The number of halogens is 4. The van der Waals surface area contributed by atoms with Crippen LogP contribution in [0, 0.1) is 11.8 Å². The number of hydrogen-bond acceptors (Lipinski definition) is 7. The minimum atomic E-state index is -2.52. The Kier molecular flexibility index (Phi) is 11.1. The van der Waals surface area contributed by atoms with E-state index in [4.69, 9.17) is 15.5 Å². The first-order valence-corrected chi connectivity index (χ1v) is 16.1. The lowest BCUT2D eigenvalue weighted by molar-refractivity contribution is -0.0474. The minimum Gasteiger partial charge on any atom is -0.465 e. The highest BCUT2D eigenvalue weighted by molar-refractivity contribution is 5.94. The van der Waals surface area contributed by atoms with E-state index in [0.717, 1.165) is 16.9 Å². The van der Waals surface area contributed by atoms with Crippen LogP contribution < -0.4 is 11.1 Å². The number of methoxy groups -OCH3 is 2. The van der Waals surface area contributed by atoms with Crippen molar-refractivity contribution in [3.8, 4) is 0 Å². The van der Waals surface area contributed by atoms with E-state index in [1.54, 1.807) is 30.3 Å². The van der Waals surface area contributed by atoms with E-state index in [9.17, 15) is 27.2 Å². The number of carbonyl (C=O) groups excluding carboxylic acids is 2. The lowest BCUT2D eigenvalue weighted by atomic mass is 9.86. The summed E-state index contributed by atoms with van der Waals surface area (Å²) in [7, 11) is 2.66. The van der Waals surface area contributed by atoms with Crippen LogP contribution in [0.3, 0.4) is 0 Å². The number of fused-ring (bicyclic) bond motifs is 1. The molecule has 1 heterocycles. The molecule has 8 nitrogen and oxygen atoms in total. The summed E-state index contributed by atoms with van der Waals surface area (Å²) in [5.74, 6) is -4.51. The number of aromatic nitrogens is 2. The molecule has 12 heteroatoms. The highest BCUT2D eigenvalue weighted by atomic mass is 19.3. The number of benzene rings is 2. The van der Waals surface area contributed by atoms with E-state index < -0.39 is 23.8 Å². The molecule has 0 atom stereocenters. The van der Waals surface area contributed by atoms with Gasteiger partial charge in [0.1, 0.15) is 5.82 Å². The smallest absolute Gasteiger partial charge is 0.337 e. The molecule has 0 spiro atoms. The number of alkyl halides is 4. The lowest BCUT2D eigenvalue weighted by Gasteiger charge is -2.30. The average Bonchev–Trinajstić information content (AvgIpc) is 3.39. The fourth-order valence-corrected chi connectivity index (χ4v) is 6.20. The van der Waals surface area contributed by atoms with Gasteiger partial charge < -0.3 is 25.1 Å². The van der Waals surface area contributed by atoms with Crippen molar-refractivity contribution in [3.63, 3.8) is 0 Å². The van der Waals surface area contributed by atoms with Crippen LogP contribution in [0.2, 0.25) is 0 Å². The number of rotatable bonds is 7. The van der Waals surface area contributed by atoms with E-state index >= 15 is 0 Å². The monoisotopic (exact) mass is 662 g/mol. The molecule has 3 N–H and O–H groups in total. The molecular weight excluding hydrogens is 616 g/mol. The number of imidazole rings is 1. The summed E-state index contributed by atoms with van der Waals surface area (Å²) < 4.78 is 64.6. The van der Waals surface area contributed by atoms with Crippen molar-refractivity contribution in [3.05, 3.63) is 53.3 Å². The van der Waals surface area contributed by atoms with Gasteiger partial charge in [-0.15, -0.1) is 0 Å². The molecule has 2 saturated carbocycles. The molecule has 2 aromatic carbocycles. The molecule has 258 valence electrons. The average molecular weight is 663 g/mol. The van der Waals surface area contributed by atoms with Crippen LogP contribution in [0.15, 0.2) is 36.4 Å². The van der Waals surface area contributed by atoms with Gasteiger partial charge in [0.2, 0.25) is 11.8 Å². The van der Waals surface area contributed by atoms with Crippen LogP contribution in [-0.4, -0.2) is 54.1 Å². The van der Waals surface area contributed by atoms with Crippen molar-refractivity contribution >= 4 is 34.3 Å². The number of carbonyl (C=O) groups is 2. The van der Waals surface area contributed by atoms with Gasteiger partial charge in [0.15, 0.2) is 0 Å². The first kappa shape index (κ1) is 36.0. The molecule has 2 aliphatic rings. The van der Waals surface area contributed by atoms with Crippen molar-refractivity contribution in [2.45, 2.75) is 95.9 Å². The summed E-state index contributed by atoms with van der Waals surface area (Å²) in [6.45, 7) is 7.54. The van der Waals surface area contributed by atoms with E-state index in [-0.39, 0.29) is 42.9 Å². The topological polar surface area (TPSA) is 108 Å². The van der Waals surface area contributed by atoms with Gasteiger partial charge in [-0.05, 0) is 73.9 Å². The zero-order valence-corrected chi connectivity index (χ0v) is 27.8. The van der Waals surface area contributed by atoms with Crippen molar-refractivity contribution in [1.82, 2.24) is 9.55 Å². The molecule has 0 saturated heterocycles. The molecule has 5 rings (SSSR count). The summed E-state index contributed by atoms with van der Waals surface area (Å²) in [6.07, 6.45) is 1.91. The number of anilines is 2. The lowest BCUT2D eigenvalue weighted by Crippen LogP contribution is -2.28. The van der Waals surface area contributed by atoms with Crippen molar-refractivity contribution < 1.29 is 36.6 Å². The Morgan fingerprint density at radius 3 is 1.89 bits per heavy atom. The predicted octanol–water partition coefficient (Wildman–Crippen LogP) is 8.24. The third-order valence-electron chi connectivity index (χ3n) is 9.01. The predicted molar refractivity (Wildman–Crippen MR) is 174 cm³/mol. The largest absolute Gasteiger partial charge is 0.465 e. The molecule has 0 aliphatic heterocycles. The maximum atomic E-state index is 13.5. The Labute approximate surface area is 273 Å². The summed E-state index contributed by atoms with van der Waals surface area (Å²) in [4.78, 5) is 27.9. The number of nitrogen functional groups attached to an aromatic ring is 1. The molecular formula is C35H46F4N4O4. The molecule has 0 amide bonds. The molecule has 0 bridgehead atoms. The summed E-state index contributed by atoms with van der Waals surface area (Å²) in [5, 5.41) is 3.17. The molecule has 3 aromatic rings. The van der Waals surface area contributed by atoms with Crippen LogP contribution in [0.1, 0.15) is 98.7 Å². The Bertz CT molecular complexity index is 1550. The number of nitrogens with zero attached hydrogens (tertiary/aromatic N) is 2. The van der Waals surface area contributed by atoms with Crippen LogP contribution in [0.5, 0.6) is 0 Å². The molecule has 2 fully saturated rings. The van der Waals surface area contributed by atoms with Crippen LogP contribution in [0.25, 0.3) is 11.0 Å². The summed E-state index contributed by atoms with van der Waals surface area (Å²) in [6, 6.07) is 10.2. The standard InChI is InChI=1S/C20H26F2N2O2.C15H20F2N2O2/c1-19(2,3)18-23-15-11-14(17(25)26-4)5-6-16(15)24(18)12-13-7-9-20(21,22)10-8-13;1-21-14(20)11-2-3-13(12(18)8-11)19-9-10-4-6-15(16,17)7-5-10/h5-6,11,13H,7-10,12H2,1-4H3;2-3,8,10,19H,4-7,9,18H2,1H3. The van der Waals surface area contributed by atoms with Crippen LogP contribution >= 0.6 is 0 Å². The van der Waals surface area contributed by atoms with Gasteiger partial charge in [-0.2, -0.15) is 0 Å². The van der Waals surface area contributed by atoms with E-state index in [1.165, 1.54) is 14.2 Å². The highest BCUT2D eigenvalue weighted by Crippen LogP contribution is 2.39. The van der Waals surface area contributed by atoms with Crippen LogP contribution in [-0.2, 0) is 21.4 Å². The summed E-state index contributed by atoms with van der Waals surface area (Å²) in [5.41, 5.74) is 9.36. The number of esters is 2. The van der Waals surface area contributed by atoms with Gasteiger partial charge in [-0.1, -0.05) is 20.8 Å². The number of nitrogens with two attached hydrogens (primary N) is 1. The SMILES string of the molecule is COC(=O)c1ccc(NCC2CCC(F)(F)CC2)c(N)c1.COC(=O)c1ccc2c(c1)nc(C(C)(C)C)n2CC1CCC(F)(F)CC1. The van der Waals surface area contributed by atoms with Gasteiger partial charge in [0.05, 0.1) is 47.8 Å². The Balaban J connectivity index is 0.000000218. The zero-order valence-electron chi connectivity index (χ0n) is 27.8. The van der Waals surface area contributed by atoms with Gasteiger partial charge >= 0.3 is 11.9 Å². The van der Waals surface area contributed by atoms with Crippen LogP contribution in [0.4, 0.5) is 28.9 Å². The molecule has 2 aliphatic carbocycles. The normalized spacial score (nSPS) is 18.2. The second kappa shape index (κ2) is 14.5. The first-order chi connectivity index (χ1) is 22.0. The van der Waals surface area contributed by atoms with Gasteiger partial charge in [0.25, 0.3) is 0 Å². The van der Waals surface area contributed by atoms with Crippen molar-refractivity contribution in [1.29, 1.82) is 0 Å². The maximum absolute atomic E-state index is 13.5. The fraction of sp³-hybridized carbons (Fsp3) is 0.571. The quantitative estimate of drug-likeness (QED) is 0.149. The van der Waals surface area contributed by atoms with Crippen molar-refractivity contribution in [2.24, 2.45) is 11.8 Å². The fourth-order valence-electron chi connectivity index (χ4n) is 6.20. The Morgan fingerprint density at radius 2 is 1.38 bits per heavy atom. The second-order valence-electron chi connectivity index (χ2n) is 13.8. The molecule has 0 radical (unpaired) electrons. The van der Waals surface area contributed by atoms with E-state index in [2.05, 4.69) is 35.4 Å². The third kappa shape index (κ3) is 9.38. The first-order valence-electron chi connectivity index (χ1n) is 16.1.